The van der Waals surface area contributed by atoms with Gasteiger partial charge in [0.25, 0.3) is 0 Å². The number of carbonyl (C=O) groups excluding carboxylic acids is 1. The summed E-state index contributed by atoms with van der Waals surface area (Å²) >= 11 is 0. The van der Waals surface area contributed by atoms with E-state index in [9.17, 15) is 9.90 Å². The van der Waals surface area contributed by atoms with Crippen LogP contribution in [0.5, 0.6) is 0 Å². The SMILES string of the molecule is CCC(C)(C)C(=O)/C=C(\O)C(C)(CC)CC.CCc1cc(C)[c-]c(-c2cc3ccccc3cn2)c1.[Ir]. The summed E-state index contributed by atoms with van der Waals surface area (Å²) in [4.78, 5) is 16.5. The van der Waals surface area contributed by atoms with Crippen molar-refractivity contribution < 1.29 is 30.0 Å². The molecule has 1 aromatic heterocycles. The molecule has 1 heterocycles. The Hall–Kier alpha value is -2.29. The van der Waals surface area contributed by atoms with Gasteiger partial charge in [0, 0.05) is 43.2 Å². The number of aliphatic hydroxyl groups is 1. The second-order valence-electron chi connectivity index (χ2n) is 10.3. The molecule has 0 unspecified atom stereocenters. The van der Waals surface area contributed by atoms with E-state index in [0.717, 1.165) is 36.9 Å². The van der Waals surface area contributed by atoms with Gasteiger partial charge in [-0.1, -0.05) is 85.7 Å². The number of carbonyl (C=O) groups is 1. The molecule has 36 heavy (non-hydrogen) atoms. The van der Waals surface area contributed by atoms with E-state index in [-0.39, 0.29) is 42.5 Å². The van der Waals surface area contributed by atoms with Crippen LogP contribution in [0.3, 0.4) is 0 Å². The molecule has 0 amide bonds. The van der Waals surface area contributed by atoms with E-state index in [2.05, 4.69) is 61.3 Å². The van der Waals surface area contributed by atoms with Crippen molar-refractivity contribution in [3.05, 3.63) is 77.7 Å². The van der Waals surface area contributed by atoms with Crippen molar-refractivity contribution in [1.82, 2.24) is 4.98 Å². The average Bonchev–Trinajstić information content (AvgIpc) is 2.87. The van der Waals surface area contributed by atoms with Gasteiger partial charge in [-0.2, -0.15) is 0 Å². The number of fused-ring (bicyclic) bond motifs is 1. The van der Waals surface area contributed by atoms with Gasteiger partial charge in [-0.15, -0.1) is 34.9 Å². The maximum absolute atomic E-state index is 11.9. The maximum Gasteiger partial charge on any atom is 0.164 e. The van der Waals surface area contributed by atoms with Crippen LogP contribution in [0.25, 0.3) is 22.0 Å². The molecule has 0 aliphatic carbocycles. The molecule has 0 atom stereocenters. The Morgan fingerprint density at radius 3 is 2.14 bits per heavy atom. The van der Waals surface area contributed by atoms with E-state index >= 15 is 0 Å². The molecule has 0 aliphatic rings. The number of nitrogens with zero attached hydrogens (tertiary/aromatic N) is 1. The molecule has 3 nitrogen and oxygen atoms in total. The summed E-state index contributed by atoms with van der Waals surface area (Å²) in [7, 11) is 0. The van der Waals surface area contributed by atoms with Crippen LogP contribution in [0, 0.1) is 23.8 Å². The predicted molar refractivity (Wildman–Crippen MR) is 149 cm³/mol. The summed E-state index contributed by atoms with van der Waals surface area (Å²) in [6.07, 6.45) is 6.86. The Kier molecular flexibility index (Phi) is 12.2. The van der Waals surface area contributed by atoms with Crippen molar-refractivity contribution in [3.63, 3.8) is 0 Å². The number of pyridine rings is 1. The summed E-state index contributed by atoms with van der Waals surface area (Å²) in [5.74, 6) is 0.240. The van der Waals surface area contributed by atoms with Crippen LogP contribution in [0.15, 0.2) is 60.5 Å². The minimum Gasteiger partial charge on any atom is -0.512 e. The van der Waals surface area contributed by atoms with E-state index in [1.54, 1.807) is 0 Å². The Morgan fingerprint density at radius 2 is 1.58 bits per heavy atom. The van der Waals surface area contributed by atoms with Gasteiger partial charge in [0.1, 0.15) is 5.76 Å². The van der Waals surface area contributed by atoms with Crippen LogP contribution in [0.2, 0.25) is 0 Å². The molecule has 0 fully saturated rings. The predicted octanol–water partition coefficient (Wildman–Crippen LogP) is 8.83. The Balaban J connectivity index is 0.000000357. The van der Waals surface area contributed by atoms with Crippen molar-refractivity contribution >= 4 is 16.6 Å². The molecule has 1 radical (unpaired) electrons. The van der Waals surface area contributed by atoms with Crippen molar-refractivity contribution in [3.8, 4) is 11.3 Å². The van der Waals surface area contributed by atoms with Gasteiger partial charge >= 0.3 is 0 Å². The molecule has 0 saturated heterocycles. The smallest absolute Gasteiger partial charge is 0.164 e. The molecule has 0 spiro atoms. The first-order chi connectivity index (χ1) is 16.5. The molecule has 0 bridgehead atoms. The number of aromatic nitrogens is 1. The number of aryl methyl sites for hydroxylation is 2. The van der Waals surface area contributed by atoms with E-state index in [1.165, 1.54) is 28.0 Å². The van der Waals surface area contributed by atoms with Gasteiger partial charge in [0.15, 0.2) is 5.78 Å². The number of benzene rings is 2. The third kappa shape index (κ3) is 8.11. The number of hydrogen-bond donors (Lipinski definition) is 1. The molecule has 4 heteroatoms. The Morgan fingerprint density at radius 1 is 0.972 bits per heavy atom. The third-order valence-electron chi connectivity index (χ3n) is 7.38. The molecule has 0 saturated carbocycles. The zero-order valence-electron chi connectivity index (χ0n) is 23.2. The molecular formula is C32H42IrNO2-. The normalized spacial score (nSPS) is 11.9. The molecule has 2 aromatic carbocycles. The zero-order valence-corrected chi connectivity index (χ0v) is 25.6. The second-order valence-corrected chi connectivity index (χ2v) is 10.3. The first-order valence-electron chi connectivity index (χ1n) is 12.8. The summed E-state index contributed by atoms with van der Waals surface area (Å²) in [6, 6.07) is 18.2. The van der Waals surface area contributed by atoms with Gasteiger partial charge < -0.3 is 10.1 Å². The quantitative estimate of drug-likeness (QED) is 0.149. The molecule has 0 aliphatic heterocycles. The van der Waals surface area contributed by atoms with Crippen LogP contribution < -0.4 is 0 Å². The van der Waals surface area contributed by atoms with Gasteiger partial charge in [0.2, 0.25) is 0 Å². The minimum atomic E-state index is -0.379. The first-order valence-corrected chi connectivity index (χ1v) is 12.8. The van der Waals surface area contributed by atoms with Crippen molar-refractivity contribution in [2.24, 2.45) is 10.8 Å². The molecule has 3 rings (SSSR count). The van der Waals surface area contributed by atoms with Gasteiger partial charge in [-0.3, -0.25) is 4.79 Å². The fourth-order valence-electron chi connectivity index (χ4n) is 3.64. The number of hydrogen-bond acceptors (Lipinski definition) is 3. The number of aliphatic hydroxyl groups excluding tert-OH is 1. The maximum atomic E-state index is 11.9. The van der Waals surface area contributed by atoms with E-state index in [1.807, 2.05) is 53.8 Å². The van der Waals surface area contributed by atoms with E-state index in [0.29, 0.717) is 0 Å². The topological polar surface area (TPSA) is 50.2 Å². The summed E-state index contributed by atoms with van der Waals surface area (Å²) in [5.41, 5.74) is 3.95. The molecule has 197 valence electrons. The fourth-order valence-corrected chi connectivity index (χ4v) is 3.64. The van der Waals surface area contributed by atoms with Crippen LogP contribution in [0.4, 0.5) is 0 Å². The third-order valence-corrected chi connectivity index (χ3v) is 7.38. The summed E-state index contributed by atoms with van der Waals surface area (Å²) in [6.45, 7) is 16.1. The van der Waals surface area contributed by atoms with Gasteiger partial charge in [-0.25, -0.2) is 0 Å². The van der Waals surface area contributed by atoms with Crippen molar-refractivity contribution in [2.45, 2.75) is 81.1 Å². The number of rotatable bonds is 8. The average molecular weight is 665 g/mol. The number of allylic oxidation sites excluding steroid dienone is 2. The summed E-state index contributed by atoms with van der Waals surface area (Å²) < 4.78 is 0. The van der Waals surface area contributed by atoms with Gasteiger partial charge in [0.05, 0.1) is 0 Å². The summed E-state index contributed by atoms with van der Waals surface area (Å²) in [5, 5.41) is 12.4. The van der Waals surface area contributed by atoms with Crippen molar-refractivity contribution in [1.29, 1.82) is 0 Å². The van der Waals surface area contributed by atoms with E-state index in [4.69, 9.17) is 0 Å². The van der Waals surface area contributed by atoms with Crippen molar-refractivity contribution in [2.75, 3.05) is 0 Å². The molecule has 3 aromatic rings. The Bertz CT molecular complexity index is 1180. The monoisotopic (exact) mass is 665 g/mol. The molecule has 1 N–H and O–H groups in total. The fraction of sp³-hybridized carbons (Fsp3) is 0.438. The largest absolute Gasteiger partial charge is 0.512 e. The standard InChI is InChI=1S/C18H16N.C14H26O2.Ir/c1-3-14-8-13(2)9-17(10-14)18-11-15-6-4-5-7-16(15)12-19-18;1-7-13(4,5)11(15)10-12(16)14(6,8-2)9-3;/h4-8,10-12H,3H2,1-2H3;10,16H,7-9H2,1-6H3;/q-1;;/b;12-10-;. The molecular weight excluding hydrogens is 623 g/mol. The van der Waals surface area contributed by atoms with Crippen LogP contribution in [0.1, 0.15) is 78.9 Å². The number of ketones is 1. The second kappa shape index (κ2) is 13.9. The van der Waals surface area contributed by atoms with Crippen LogP contribution >= 0.6 is 0 Å². The van der Waals surface area contributed by atoms with Crippen LogP contribution in [-0.2, 0) is 31.3 Å². The van der Waals surface area contributed by atoms with Gasteiger partial charge in [-0.05, 0) is 42.1 Å². The Labute approximate surface area is 231 Å². The van der Waals surface area contributed by atoms with E-state index < -0.39 is 0 Å². The van der Waals surface area contributed by atoms with Crippen LogP contribution in [-0.4, -0.2) is 15.9 Å². The zero-order chi connectivity index (χ0) is 26.2. The minimum absolute atomic E-state index is 0. The first kappa shape index (κ1) is 31.7.